The van der Waals surface area contributed by atoms with Gasteiger partial charge in [-0.2, -0.15) is 0 Å². The molecule has 0 aliphatic rings. The molecule has 1 aromatic carbocycles. The molecule has 0 bridgehead atoms. The van der Waals surface area contributed by atoms with Crippen LogP contribution in [-0.4, -0.2) is 14.8 Å². The van der Waals surface area contributed by atoms with Gasteiger partial charge in [-0.15, -0.1) is 10.2 Å². The molecule has 3 nitrogen and oxygen atoms in total. The summed E-state index contributed by atoms with van der Waals surface area (Å²) >= 11 is 1.53. The molecule has 0 unspecified atom stereocenters. The van der Waals surface area contributed by atoms with Crippen molar-refractivity contribution in [3.05, 3.63) is 41.5 Å². The van der Waals surface area contributed by atoms with E-state index in [9.17, 15) is 4.39 Å². The molecule has 0 fully saturated rings. The van der Waals surface area contributed by atoms with E-state index in [1.54, 1.807) is 12.1 Å². The van der Waals surface area contributed by atoms with Crippen LogP contribution in [0.2, 0.25) is 0 Å². The summed E-state index contributed by atoms with van der Waals surface area (Å²) in [5.41, 5.74) is 0.698. The summed E-state index contributed by atoms with van der Waals surface area (Å²) in [6, 6.07) is 6.84. The van der Waals surface area contributed by atoms with Gasteiger partial charge in [0, 0.05) is 18.2 Å². The van der Waals surface area contributed by atoms with Crippen molar-refractivity contribution < 1.29 is 4.39 Å². The standard InChI is InChI=1S/C14H18FN3S/c1-4-18-13(10(2)3)16-17-14(18)19-9-11-7-5-6-8-12(11)15/h5-8,10H,4,9H2,1-3H3. The molecule has 19 heavy (non-hydrogen) atoms. The SMILES string of the molecule is CCn1c(SCc2ccccc2F)nnc1C(C)C. The number of hydrogen-bond acceptors (Lipinski definition) is 3. The average molecular weight is 279 g/mol. The first-order valence-corrected chi connectivity index (χ1v) is 7.41. The first kappa shape index (κ1) is 14.1. The van der Waals surface area contributed by atoms with E-state index < -0.39 is 0 Å². The maximum atomic E-state index is 13.6. The second-order valence-electron chi connectivity index (χ2n) is 4.62. The van der Waals surface area contributed by atoms with Crippen molar-refractivity contribution in [2.45, 2.75) is 44.1 Å². The third kappa shape index (κ3) is 3.15. The second-order valence-corrected chi connectivity index (χ2v) is 5.56. The van der Waals surface area contributed by atoms with Gasteiger partial charge in [0.25, 0.3) is 0 Å². The summed E-state index contributed by atoms with van der Waals surface area (Å²) in [6.07, 6.45) is 0. The summed E-state index contributed by atoms with van der Waals surface area (Å²) < 4.78 is 15.6. The summed E-state index contributed by atoms with van der Waals surface area (Å²) in [5.74, 6) is 1.73. The van der Waals surface area contributed by atoms with Crippen molar-refractivity contribution in [2.75, 3.05) is 0 Å². The molecule has 1 heterocycles. The van der Waals surface area contributed by atoms with Crippen LogP contribution in [0.25, 0.3) is 0 Å². The third-order valence-electron chi connectivity index (χ3n) is 2.89. The van der Waals surface area contributed by atoms with Crippen molar-refractivity contribution in [3.63, 3.8) is 0 Å². The lowest BCUT2D eigenvalue weighted by atomic mass is 10.2. The molecule has 0 aliphatic carbocycles. The Morgan fingerprint density at radius 1 is 1.26 bits per heavy atom. The van der Waals surface area contributed by atoms with Crippen molar-refractivity contribution in [3.8, 4) is 0 Å². The van der Waals surface area contributed by atoms with Crippen LogP contribution in [0.4, 0.5) is 4.39 Å². The van der Waals surface area contributed by atoms with E-state index in [0.717, 1.165) is 17.5 Å². The van der Waals surface area contributed by atoms with E-state index in [1.165, 1.54) is 17.8 Å². The monoisotopic (exact) mass is 279 g/mol. The number of benzene rings is 1. The van der Waals surface area contributed by atoms with E-state index in [0.29, 0.717) is 17.2 Å². The molecule has 0 aliphatic heterocycles. The zero-order valence-electron chi connectivity index (χ0n) is 11.4. The quantitative estimate of drug-likeness (QED) is 0.779. The molecule has 0 amide bonds. The minimum atomic E-state index is -0.165. The summed E-state index contributed by atoms with van der Waals surface area (Å²) in [7, 11) is 0. The molecule has 0 saturated carbocycles. The number of halogens is 1. The Balaban J connectivity index is 2.14. The van der Waals surface area contributed by atoms with Gasteiger partial charge in [-0.3, -0.25) is 0 Å². The molecule has 2 rings (SSSR count). The van der Waals surface area contributed by atoms with Crippen LogP contribution >= 0.6 is 11.8 Å². The molecule has 0 spiro atoms. The van der Waals surface area contributed by atoms with Gasteiger partial charge < -0.3 is 4.57 Å². The largest absolute Gasteiger partial charge is 0.306 e. The summed E-state index contributed by atoms with van der Waals surface area (Å²) in [5, 5.41) is 9.28. The summed E-state index contributed by atoms with van der Waals surface area (Å²) in [6.45, 7) is 7.10. The van der Waals surface area contributed by atoms with E-state index in [-0.39, 0.29) is 5.82 Å². The highest BCUT2D eigenvalue weighted by atomic mass is 32.2. The topological polar surface area (TPSA) is 30.7 Å². The molecular weight excluding hydrogens is 261 g/mol. The Morgan fingerprint density at radius 2 is 2.00 bits per heavy atom. The molecule has 2 aromatic rings. The molecule has 5 heteroatoms. The minimum Gasteiger partial charge on any atom is -0.306 e. The first-order valence-electron chi connectivity index (χ1n) is 6.42. The normalized spacial score (nSPS) is 11.2. The Bertz CT molecular complexity index is 551. The maximum Gasteiger partial charge on any atom is 0.191 e. The Hall–Kier alpha value is -1.36. The van der Waals surface area contributed by atoms with Gasteiger partial charge in [-0.05, 0) is 18.6 Å². The van der Waals surface area contributed by atoms with E-state index in [2.05, 4.69) is 35.5 Å². The number of thioether (sulfide) groups is 1. The van der Waals surface area contributed by atoms with Crippen molar-refractivity contribution in [1.82, 2.24) is 14.8 Å². The molecule has 0 radical (unpaired) electrons. The molecule has 0 N–H and O–H groups in total. The fourth-order valence-corrected chi connectivity index (χ4v) is 2.88. The second kappa shape index (κ2) is 6.19. The highest BCUT2D eigenvalue weighted by Crippen LogP contribution is 2.25. The van der Waals surface area contributed by atoms with Gasteiger partial charge in [0.05, 0.1) is 0 Å². The Kier molecular flexibility index (Phi) is 4.58. The fraction of sp³-hybridized carbons (Fsp3) is 0.429. The van der Waals surface area contributed by atoms with Crippen molar-refractivity contribution in [2.24, 2.45) is 0 Å². The fourth-order valence-electron chi connectivity index (χ4n) is 1.89. The lowest BCUT2D eigenvalue weighted by molar-refractivity contribution is 0.610. The Labute approximate surface area is 117 Å². The third-order valence-corrected chi connectivity index (χ3v) is 3.91. The zero-order chi connectivity index (χ0) is 13.8. The van der Waals surface area contributed by atoms with E-state index in [4.69, 9.17) is 0 Å². The molecule has 0 atom stereocenters. The predicted octanol–water partition coefficient (Wildman–Crippen LogP) is 3.85. The van der Waals surface area contributed by atoms with Crippen LogP contribution in [0, 0.1) is 5.82 Å². The smallest absolute Gasteiger partial charge is 0.191 e. The highest BCUT2D eigenvalue weighted by Gasteiger charge is 2.14. The number of nitrogens with zero attached hydrogens (tertiary/aromatic N) is 3. The van der Waals surface area contributed by atoms with Gasteiger partial charge >= 0.3 is 0 Å². The minimum absolute atomic E-state index is 0.165. The number of aromatic nitrogens is 3. The Morgan fingerprint density at radius 3 is 2.63 bits per heavy atom. The van der Waals surface area contributed by atoms with Crippen LogP contribution in [0.3, 0.4) is 0 Å². The van der Waals surface area contributed by atoms with E-state index >= 15 is 0 Å². The van der Waals surface area contributed by atoms with E-state index in [1.807, 2.05) is 6.07 Å². The molecule has 0 saturated heterocycles. The van der Waals surface area contributed by atoms with Gasteiger partial charge in [-0.25, -0.2) is 4.39 Å². The van der Waals surface area contributed by atoms with Crippen LogP contribution in [0.1, 0.15) is 38.1 Å². The van der Waals surface area contributed by atoms with Gasteiger partial charge in [0.1, 0.15) is 11.6 Å². The lowest BCUT2D eigenvalue weighted by Gasteiger charge is -2.09. The molecule has 1 aromatic heterocycles. The predicted molar refractivity (Wildman–Crippen MR) is 75.7 cm³/mol. The lowest BCUT2D eigenvalue weighted by Crippen LogP contribution is -2.04. The van der Waals surface area contributed by atoms with Crippen LogP contribution in [0.15, 0.2) is 29.4 Å². The van der Waals surface area contributed by atoms with Crippen LogP contribution < -0.4 is 0 Å². The first-order chi connectivity index (χ1) is 9.13. The molecule has 102 valence electrons. The average Bonchev–Trinajstić information content (AvgIpc) is 2.81. The van der Waals surface area contributed by atoms with Crippen LogP contribution in [-0.2, 0) is 12.3 Å². The van der Waals surface area contributed by atoms with Gasteiger partial charge in [0.2, 0.25) is 0 Å². The van der Waals surface area contributed by atoms with Crippen LogP contribution in [0.5, 0.6) is 0 Å². The maximum absolute atomic E-state index is 13.6. The molecular formula is C14H18FN3S. The summed E-state index contributed by atoms with van der Waals surface area (Å²) in [4.78, 5) is 0. The number of rotatable bonds is 5. The van der Waals surface area contributed by atoms with Crippen molar-refractivity contribution in [1.29, 1.82) is 0 Å². The van der Waals surface area contributed by atoms with Gasteiger partial charge in [0.15, 0.2) is 5.16 Å². The highest BCUT2D eigenvalue weighted by molar-refractivity contribution is 7.98. The number of hydrogen-bond donors (Lipinski definition) is 0. The van der Waals surface area contributed by atoms with Crippen molar-refractivity contribution >= 4 is 11.8 Å². The zero-order valence-corrected chi connectivity index (χ0v) is 12.2. The van der Waals surface area contributed by atoms with Gasteiger partial charge in [-0.1, -0.05) is 43.8 Å².